The van der Waals surface area contributed by atoms with Crippen molar-refractivity contribution < 1.29 is 32.9 Å². The van der Waals surface area contributed by atoms with Crippen molar-refractivity contribution >= 4 is 27.7 Å². The van der Waals surface area contributed by atoms with Crippen molar-refractivity contribution in [3.8, 4) is 0 Å². The average molecular weight is 318 g/mol. The Balaban J connectivity index is 2.65. The number of hydroxylamine groups is 1. The highest BCUT2D eigenvalue weighted by Crippen LogP contribution is 2.15. The highest BCUT2D eigenvalue weighted by molar-refractivity contribution is 7.85. The van der Waals surface area contributed by atoms with Crippen LogP contribution in [0.25, 0.3) is 0 Å². The fourth-order valence-corrected chi connectivity index (χ4v) is 2.00. The minimum absolute atomic E-state index is 0.138. The maximum atomic E-state index is 11.6. The predicted octanol–water partition coefficient (Wildman–Crippen LogP) is 0.0840. The summed E-state index contributed by atoms with van der Waals surface area (Å²) in [6, 6.07) is 3.67. The zero-order valence-electron chi connectivity index (χ0n) is 10.7. The van der Waals surface area contributed by atoms with Crippen LogP contribution in [0.5, 0.6) is 0 Å². The summed E-state index contributed by atoms with van der Waals surface area (Å²) in [5.74, 6) is -1.87. The van der Waals surface area contributed by atoms with Crippen molar-refractivity contribution in [2.24, 2.45) is 0 Å². The average Bonchev–Trinajstić information content (AvgIpc) is 2.38. The first-order valence-corrected chi connectivity index (χ1v) is 7.18. The second-order valence-corrected chi connectivity index (χ2v) is 5.53. The van der Waals surface area contributed by atoms with Gasteiger partial charge >= 0.3 is 5.97 Å². The first-order chi connectivity index (χ1) is 9.74. The highest BCUT2D eigenvalue weighted by Gasteiger charge is 2.17. The van der Waals surface area contributed by atoms with Crippen LogP contribution in [0.1, 0.15) is 12.8 Å². The number of carbonyl (C=O) groups is 2. The molecule has 0 aliphatic rings. The van der Waals surface area contributed by atoms with Crippen molar-refractivity contribution in [2.45, 2.75) is 23.8 Å². The summed E-state index contributed by atoms with van der Waals surface area (Å²) in [6.07, 6.45) is -0.365. The molecule has 0 bridgehead atoms. The van der Waals surface area contributed by atoms with E-state index in [1.807, 2.05) is 0 Å². The molecule has 116 valence electrons. The molecule has 0 radical (unpaired) electrons. The fraction of sp³-hybridized carbons (Fsp3) is 0.273. The zero-order chi connectivity index (χ0) is 16.0. The quantitative estimate of drug-likeness (QED) is 0.350. The fourth-order valence-electron chi connectivity index (χ4n) is 1.48. The molecule has 0 saturated carbocycles. The van der Waals surface area contributed by atoms with Gasteiger partial charge in [-0.05, 0) is 24.6 Å². The smallest absolute Gasteiger partial charge is 0.323 e. The van der Waals surface area contributed by atoms with Gasteiger partial charge in [0.25, 0.3) is 10.1 Å². The lowest BCUT2D eigenvalue weighted by Crippen LogP contribution is -2.35. The van der Waals surface area contributed by atoms with Crippen molar-refractivity contribution in [2.75, 3.05) is 5.32 Å². The van der Waals surface area contributed by atoms with E-state index in [4.69, 9.17) is 14.9 Å². The number of hydrogen-bond donors (Lipinski definition) is 5. The molecule has 0 spiro atoms. The maximum Gasteiger partial charge on any atom is 0.323 e. The number of aliphatic carboxylic acids is 1. The van der Waals surface area contributed by atoms with Gasteiger partial charge in [0.15, 0.2) is 0 Å². The molecule has 10 heteroatoms. The summed E-state index contributed by atoms with van der Waals surface area (Å²) in [7, 11) is -4.37. The summed E-state index contributed by atoms with van der Waals surface area (Å²) < 4.78 is 30.8. The Kier molecular flexibility index (Phi) is 5.79. The van der Waals surface area contributed by atoms with E-state index in [0.717, 1.165) is 12.1 Å². The van der Waals surface area contributed by atoms with E-state index in [1.165, 1.54) is 12.1 Å². The second kappa shape index (κ2) is 7.13. The van der Waals surface area contributed by atoms with E-state index in [0.29, 0.717) is 0 Å². The van der Waals surface area contributed by atoms with Crippen molar-refractivity contribution in [3.05, 3.63) is 24.3 Å². The molecule has 0 aliphatic carbocycles. The number of carbonyl (C=O) groups excluding carboxylic acids is 1. The maximum absolute atomic E-state index is 11.6. The molecular weight excluding hydrogens is 304 g/mol. The van der Waals surface area contributed by atoms with Crippen LogP contribution >= 0.6 is 0 Å². The molecule has 9 nitrogen and oxygen atoms in total. The van der Waals surface area contributed by atoms with Crippen LogP contribution in [0.15, 0.2) is 29.2 Å². The molecule has 1 atom stereocenters. The Morgan fingerprint density at radius 1 is 1.29 bits per heavy atom. The molecule has 0 unspecified atom stereocenters. The molecule has 0 saturated heterocycles. The lowest BCUT2D eigenvalue weighted by molar-refractivity contribution is -0.142. The van der Waals surface area contributed by atoms with E-state index in [2.05, 4.69) is 5.32 Å². The summed E-state index contributed by atoms with van der Waals surface area (Å²) >= 11 is 0. The Bertz CT molecular complexity index is 629. The van der Waals surface area contributed by atoms with Gasteiger partial charge in [-0.1, -0.05) is 6.07 Å². The van der Waals surface area contributed by atoms with E-state index in [1.54, 1.807) is 5.48 Å². The Morgan fingerprint density at radius 3 is 2.48 bits per heavy atom. The lowest BCUT2D eigenvalue weighted by Gasteiger charge is -2.10. The van der Waals surface area contributed by atoms with Crippen molar-refractivity contribution in [3.63, 3.8) is 0 Å². The Hall–Kier alpha value is -2.01. The van der Waals surface area contributed by atoms with Gasteiger partial charge in [-0.3, -0.25) is 14.1 Å². The minimum atomic E-state index is -4.37. The van der Waals surface area contributed by atoms with Gasteiger partial charge in [0.2, 0.25) is 5.91 Å². The molecule has 1 aromatic carbocycles. The third kappa shape index (κ3) is 5.47. The summed E-state index contributed by atoms with van der Waals surface area (Å²) in [5, 5.41) is 19.6. The minimum Gasteiger partial charge on any atom is -0.480 e. The first-order valence-electron chi connectivity index (χ1n) is 5.74. The van der Waals surface area contributed by atoms with Gasteiger partial charge in [0.1, 0.15) is 6.04 Å². The molecule has 5 N–H and O–H groups in total. The van der Waals surface area contributed by atoms with Gasteiger partial charge in [0, 0.05) is 12.1 Å². The Labute approximate surface area is 120 Å². The summed E-state index contributed by atoms with van der Waals surface area (Å²) in [6.45, 7) is 0. The van der Waals surface area contributed by atoms with Gasteiger partial charge in [0.05, 0.1) is 4.90 Å². The predicted molar refractivity (Wildman–Crippen MR) is 70.5 cm³/mol. The van der Waals surface area contributed by atoms with E-state index < -0.39 is 28.0 Å². The molecule has 1 aromatic rings. The molecule has 0 aliphatic heterocycles. The van der Waals surface area contributed by atoms with Gasteiger partial charge < -0.3 is 15.6 Å². The van der Waals surface area contributed by atoms with E-state index >= 15 is 0 Å². The van der Waals surface area contributed by atoms with Crippen LogP contribution in [-0.2, 0) is 19.7 Å². The molecule has 1 amide bonds. The van der Waals surface area contributed by atoms with E-state index in [9.17, 15) is 18.0 Å². The van der Waals surface area contributed by atoms with Crippen LogP contribution in [0.4, 0.5) is 5.69 Å². The topological polar surface area (TPSA) is 153 Å². The second-order valence-electron chi connectivity index (χ2n) is 4.11. The van der Waals surface area contributed by atoms with E-state index in [-0.39, 0.29) is 23.4 Å². The zero-order valence-corrected chi connectivity index (χ0v) is 11.5. The normalized spacial score (nSPS) is 12.7. The number of nitrogens with one attached hydrogen (secondary N) is 2. The highest BCUT2D eigenvalue weighted by atomic mass is 32.2. The van der Waals surface area contributed by atoms with Crippen molar-refractivity contribution in [1.82, 2.24) is 5.48 Å². The molecule has 0 heterocycles. The molecule has 0 fully saturated rings. The van der Waals surface area contributed by atoms with Crippen LogP contribution in [0, 0.1) is 0 Å². The molecule has 0 aromatic heterocycles. The third-order valence-corrected chi connectivity index (χ3v) is 3.38. The van der Waals surface area contributed by atoms with Crippen LogP contribution in [0.3, 0.4) is 0 Å². The lowest BCUT2D eigenvalue weighted by atomic mass is 10.1. The van der Waals surface area contributed by atoms with Crippen LogP contribution in [0.2, 0.25) is 0 Å². The number of hydrogen-bond acceptors (Lipinski definition) is 6. The number of carboxylic acids is 1. The van der Waals surface area contributed by atoms with Gasteiger partial charge in [-0.2, -0.15) is 13.9 Å². The third-order valence-electron chi connectivity index (χ3n) is 2.53. The number of rotatable bonds is 7. The molecule has 1 rings (SSSR count). The summed E-state index contributed by atoms with van der Waals surface area (Å²) in [4.78, 5) is 21.8. The largest absolute Gasteiger partial charge is 0.480 e. The van der Waals surface area contributed by atoms with Crippen molar-refractivity contribution in [1.29, 1.82) is 0 Å². The number of carboxylic acid groups (broad SMARTS) is 1. The van der Waals surface area contributed by atoms with Crippen LogP contribution < -0.4 is 10.8 Å². The molecular formula is C11H14N2O7S. The first kappa shape index (κ1) is 17.0. The number of anilines is 1. The Morgan fingerprint density at radius 2 is 1.95 bits per heavy atom. The number of amides is 1. The SMILES string of the molecule is O=C(CC[C@H](NO)C(=O)O)Nc1cccc(S(=O)(=O)O)c1. The van der Waals surface area contributed by atoms with Crippen LogP contribution in [-0.4, -0.2) is 41.2 Å². The number of benzene rings is 1. The standard InChI is InChI=1S/C11H14N2O7S/c14-10(5-4-9(13-17)11(15)16)12-7-2-1-3-8(6-7)21(18,19)20/h1-3,6,9,13,17H,4-5H2,(H,12,14)(H,15,16)(H,18,19,20)/t9-/m0/s1. The molecule has 21 heavy (non-hydrogen) atoms. The van der Waals surface area contributed by atoms with Gasteiger partial charge in [-0.25, -0.2) is 0 Å². The van der Waals surface area contributed by atoms with Gasteiger partial charge in [-0.15, -0.1) is 0 Å². The monoisotopic (exact) mass is 318 g/mol. The summed E-state index contributed by atoms with van der Waals surface area (Å²) in [5.41, 5.74) is 1.70.